The minimum absolute atomic E-state index is 0.0490. The number of piperidine rings is 1. The zero-order chi connectivity index (χ0) is 15.4. The van der Waals surface area contributed by atoms with Gasteiger partial charge in [0.25, 0.3) is 0 Å². The second-order valence-electron chi connectivity index (χ2n) is 5.87. The minimum atomic E-state index is -0.358. The molecule has 2 amide bonds. The quantitative estimate of drug-likeness (QED) is 0.885. The van der Waals surface area contributed by atoms with E-state index in [4.69, 9.17) is 4.52 Å². The molecule has 0 aliphatic carbocycles. The summed E-state index contributed by atoms with van der Waals surface area (Å²) in [6.45, 7) is 7.55. The number of hydrogen-bond donors (Lipinski definition) is 2. The van der Waals surface area contributed by atoms with Gasteiger partial charge in [-0.25, -0.2) is 4.79 Å². The van der Waals surface area contributed by atoms with Gasteiger partial charge in [-0.2, -0.15) is 0 Å². The van der Waals surface area contributed by atoms with Crippen LogP contribution < -0.4 is 5.32 Å². The molecule has 1 saturated heterocycles. The smallest absolute Gasteiger partial charge is 0.317 e. The molecule has 2 N–H and O–H groups in total. The van der Waals surface area contributed by atoms with E-state index in [9.17, 15) is 9.90 Å². The van der Waals surface area contributed by atoms with E-state index in [1.165, 1.54) is 0 Å². The highest BCUT2D eigenvalue weighted by atomic mass is 16.5. The number of aliphatic hydroxyl groups is 1. The van der Waals surface area contributed by atoms with Gasteiger partial charge in [-0.05, 0) is 40.0 Å². The molecule has 118 valence electrons. The number of nitrogens with one attached hydrogen (secondary N) is 1. The Balaban J connectivity index is 1.79. The lowest BCUT2D eigenvalue weighted by molar-refractivity contribution is 0.0740. The van der Waals surface area contributed by atoms with Gasteiger partial charge in [0.05, 0.1) is 11.8 Å². The topological polar surface area (TPSA) is 78.6 Å². The summed E-state index contributed by atoms with van der Waals surface area (Å²) in [6.07, 6.45) is 2.30. The van der Waals surface area contributed by atoms with E-state index >= 15 is 0 Å². The van der Waals surface area contributed by atoms with Crippen molar-refractivity contribution in [2.45, 2.75) is 46.1 Å². The molecule has 2 rings (SSSR count). The molecule has 6 heteroatoms. The van der Waals surface area contributed by atoms with E-state index in [0.29, 0.717) is 13.1 Å². The van der Waals surface area contributed by atoms with Crippen molar-refractivity contribution in [1.29, 1.82) is 0 Å². The first kappa shape index (κ1) is 15.8. The molecule has 2 atom stereocenters. The van der Waals surface area contributed by atoms with Gasteiger partial charge in [0.2, 0.25) is 0 Å². The van der Waals surface area contributed by atoms with Gasteiger partial charge in [-0.15, -0.1) is 0 Å². The average Bonchev–Trinajstić information content (AvgIpc) is 2.79. The molecule has 0 bridgehead atoms. The van der Waals surface area contributed by atoms with Crippen LogP contribution in [0.4, 0.5) is 4.79 Å². The van der Waals surface area contributed by atoms with Gasteiger partial charge in [0, 0.05) is 31.1 Å². The SMILES string of the molecule is Cc1noc(C)c1CCNC(=O)N1CCCC(C(C)O)C1. The molecule has 1 aliphatic heterocycles. The van der Waals surface area contributed by atoms with Crippen LogP contribution in [0.15, 0.2) is 4.52 Å². The first-order chi connectivity index (χ1) is 9.99. The van der Waals surface area contributed by atoms with Crippen LogP contribution in [0, 0.1) is 19.8 Å². The maximum atomic E-state index is 12.2. The van der Waals surface area contributed by atoms with Crippen molar-refractivity contribution < 1.29 is 14.4 Å². The number of aryl methyl sites for hydroxylation is 2. The first-order valence-corrected chi connectivity index (χ1v) is 7.61. The molecule has 1 aromatic rings. The van der Waals surface area contributed by atoms with Crippen LogP contribution in [-0.4, -0.2) is 46.9 Å². The highest BCUT2D eigenvalue weighted by Crippen LogP contribution is 2.19. The van der Waals surface area contributed by atoms with Crippen molar-refractivity contribution in [2.24, 2.45) is 5.92 Å². The molecule has 6 nitrogen and oxygen atoms in total. The summed E-state index contributed by atoms with van der Waals surface area (Å²) in [5, 5.41) is 16.5. The van der Waals surface area contributed by atoms with Crippen molar-refractivity contribution in [1.82, 2.24) is 15.4 Å². The third kappa shape index (κ3) is 3.97. The van der Waals surface area contributed by atoms with Gasteiger partial charge in [-0.3, -0.25) is 0 Å². The van der Waals surface area contributed by atoms with Crippen LogP contribution in [-0.2, 0) is 6.42 Å². The van der Waals surface area contributed by atoms with Crippen molar-refractivity contribution in [2.75, 3.05) is 19.6 Å². The molecule has 0 saturated carbocycles. The van der Waals surface area contributed by atoms with Gasteiger partial charge in [0.15, 0.2) is 0 Å². The lowest BCUT2D eigenvalue weighted by Crippen LogP contribution is -2.47. The predicted octanol–water partition coefficient (Wildman–Crippen LogP) is 1.64. The zero-order valence-electron chi connectivity index (χ0n) is 13.1. The van der Waals surface area contributed by atoms with Crippen LogP contribution >= 0.6 is 0 Å². The van der Waals surface area contributed by atoms with E-state index in [-0.39, 0.29) is 18.1 Å². The number of urea groups is 1. The number of amides is 2. The van der Waals surface area contributed by atoms with E-state index in [0.717, 1.165) is 42.8 Å². The van der Waals surface area contributed by atoms with E-state index in [1.807, 2.05) is 13.8 Å². The Morgan fingerprint density at radius 2 is 2.33 bits per heavy atom. The molecule has 1 fully saturated rings. The molecule has 0 spiro atoms. The van der Waals surface area contributed by atoms with Crippen LogP contribution in [0.2, 0.25) is 0 Å². The Hall–Kier alpha value is -1.56. The number of nitrogens with zero attached hydrogens (tertiary/aromatic N) is 2. The fraction of sp³-hybridized carbons (Fsp3) is 0.733. The van der Waals surface area contributed by atoms with Crippen molar-refractivity contribution >= 4 is 6.03 Å². The average molecular weight is 295 g/mol. The van der Waals surface area contributed by atoms with Crippen LogP contribution in [0.5, 0.6) is 0 Å². The standard InChI is InChI=1S/C15H25N3O3/c1-10-14(12(3)21-17-10)6-7-16-15(20)18-8-4-5-13(9-18)11(2)19/h11,13,19H,4-9H2,1-3H3,(H,16,20). The summed E-state index contributed by atoms with van der Waals surface area (Å²) < 4.78 is 5.11. The highest BCUT2D eigenvalue weighted by molar-refractivity contribution is 5.74. The highest BCUT2D eigenvalue weighted by Gasteiger charge is 2.26. The maximum absolute atomic E-state index is 12.2. The van der Waals surface area contributed by atoms with Gasteiger partial charge >= 0.3 is 6.03 Å². The second-order valence-corrected chi connectivity index (χ2v) is 5.87. The molecule has 21 heavy (non-hydrogen) atoms. The Bertz CT molecular complexity index is 465. The summed E-state index contributed by atoms with van der Waals surface area (Å²) in [7, 11) is 0. The van der Waals surface area contributed by atoms with Crippen LogP contribution in [0.1, 0.15) is 36.8 Å². The van der Waals surface area contributed by atoms with Gasteiger partial charge < -0.3 is 19.8 Å². The van der Waals surface area contributed by atoms with Crippen LogP contribution in [0.3, 0.4) is 0 Å². The number of carbonyl (C=O) groups is 1. The minimum Gasteiger partial charge on any atom is -0.393 e. The lowest BCUT2D eigenvalue weighted by Gasteiger charge is -2.34. The number of aliphatic hydroxyl groups excluding tert-OH is 1. The largest absolute Gasteiger partial charge is 0.393 e. The van der Waals surface area contributed by atoms with Gasteiger partial charge in [0.1, 0.15) is 5.76 Å². The molecule has 2 heterocycles. The molecular formula is C15H25N3O3. The Kier molecular flexibility index (Phi) is 5.22. The Morgan fingerprint density at radius 3 is 2.95 bits per heavy atom. The fourth-order valence-electron chi connectivity index (χ4n) is 2.85. The third-order valence-electron chi connectivity index (χ3n) is 4.26. The molecule has 0 aromatic carbocycles. The molecule has 1 aliphatic rings. The molecule has 2 unspecified atom stereocenters. The van der Waals surface area contributed by atoms with E-state index in [2.05, 4.69) is 10.5 Å². The Labute approximate surface area is 125 Å². The van der Waals surface area contributed by atoms with Crippen molar-refractivity contribution in [3.63, 3.8) is 0 Å². The zero-order valence-corrected chi connectivity index (χ0v) is 13.1. The normalized spacial score (nSPS) is 20.4. The first-order valence-electron chi connectivity index (χ1n) is 7.61. The Morgan fingerprint density at radius 1 is 1.57 bits per heavy atom. The van der Waals surface area contributed by atoms with Crippen LogP contribution in [0.25, 0.3) is 0 Å². The molecular weight excluding hydrogens is 270 g/mol. The fourth-order valence-corrected chi connectivity index (χ4v) is 2.85. The van der Waals surface area contributed by atoms with Gasteiger partial charge in [-0.1, -0.05) is 5.16 Å². The third-order valence-corrected chi connectivity index (χ3v) is 4.26. The predicted molar refractivity (Wildman–Crippen MR) is 79.1 cm³/mol. The number of rotatable bonds is 4. The molecule has 1 aromatic heterocycles. The monoisotopic (exact) mass is 295 g/mol. The summed E-state index contributed by atoms with van der Waals surface area (Å²) in [5.74, 6) is 1.00. The summed E-state index contributed by atoms with van der Waals surface area (Å²) in [5.41, 5.74) is 1.95. The van der Waals surface area contributed by atoms with Crippen molar-refractivity contribution in [3.8, 4) is 0 Å². The number of likely N-dealkylation sites (tertiary alicyclic amines) is 1. The summed E-state index contributed by atoms with van der Waals surface area (Å²) in [6, 6.07) is -0.0490. The maximum Gasteiger partial charge on any atom is 0.317 e. The molecule has 0 radical (unpaired) electrons. The van der Waals surface area contributed by atoms with Crippen molar-refractivity contribution in [3.05, 3.63) is 17.0 Å². The lowest BCUT2D eigenvalue weighted by atomic mass is 9.94. The van der Waals surface area contributed by atoms with E-state index < -0.39 is 0 Å². The number of hydrogen-bond acceptors (Lipinski definition) is 4. The van der Waals surface area contributed by atoms with E-state index in [1.54, 1.807) is 11.8 Å². The number of carbonyl (C=O) groups excluding carboxylic acids is 1. The summed E-state index contributed by atoms with van der Waals surface area (Å²) >= 11 is 0. The summed E-state index contributed by atoms with van der Waals surface area (Å²) in [4.78, 5) is 14.0. The number of aromatic nitrogens is 1. The second kappa shape index (κ2) is 6.93.